The number of alkyl halides is 3. The molecule has 3 aliphatic heterocycles. The molecule has 1 spiro atoms. The van der Waals surface area contributed by atoms with Crippen molar-refractivity contribution in [2.45, 2.75) is 68.8 Å². The summed E-state index contributed by atoms with van der Waals surface area (Å²) >= 11 is 0. The largest absolute Gasteiger partial charge is 0.437 e. The molecule has 3 aromatic rings. The summed E-state index contributed by atoms with van der Waals surface area (Å²) in [6.45, 7) is 0.624. The number of hydrogen-bond donors (Lipinski definition) is 2. The first-order valence-electron chi connectivity index (χ1n) is 14.1. The Hall–Kier alpha value is -4.23. The van der Waals surface area contributed by atoms with Gasteiger partial charge in [0.1, 0.15) is 17.2 Å². The number of amides is 3. The quantitative estimate of drug-likeness (QED) is 0.360. The molecule has 3 aliphatic rings. The molecule has 0 unspecified atom stereocenters. The van der Waals surface area contributed by atoms with Crippen LogP contribution in [-0.4, -0.2) is 50.8 Å². The van der Waals surface area contributed by atoms with Crippen LogP contribution in [-0.2, 0) is 23.3 Å². The van der Waals surface area contributed by atoms with Gasteiger partial charge in [-0.05, 0) is 43.0 Å². The number of urea groups is 1. The fraction of sp³-hybridized carbons (Fsp3) is 0.448. The van der Waals surface area contributed by atoms with E-state index in [-0.39, 0.29) is 31.6 Å². The summed E-state index contributed by atoms with van der Waals surface area (Å²) in [6.07, 6.45) is -2.16. The summed E-state index contributed by atoms with van der Waals surface area (Å²) in [4.78, 5) is 35.9. The number of anilines is 1. The van der Waals surface area contributed by atoms with E-state index in [9.17, 15) is 31.5 Å². The number of carbonyl (C=O) groups is 2. The fourth-order valence-corrected chi connectivity index (χ4v) is 6.33. The number of aromatic nitrogens is 3. The Morgan fingerprint density at radius 2 is 1.91 bits per heavy atom. The predicted octanol–water partition coefficient (Wildman–Crippen LogP) is 5.93. The summed E-state index contributed by atoms with van der Waals surface area (Å²) in [5.74, 6) is -1.76. The number of likely N-dealkylation sites (tertiary alicyclic amines) is 1. The van der Waals surface area contributed by atoms with Gasteiger partial charge >= 0.3 is 18.3 Å². The van der Waals surface area contributed by atoms with Gasteiger partial charge in [-0.3, -0.25) is 5.32 Å². The van der Waals surface area contributed by atoms with Crippen LogP contribution in [0, 0.1) is 11.6 Å². The molecule has 3 amide bonds. The van der Waals surface area contributed by atoms with E-state index in [4.69, 9.17) is 4.74 Å². The smallest absolute Gasteiger partial charge is 0.413 e. The van der Waals surface area contributed by atoms with Crippen LogP contribution in [0.1, 0.15) is 66.7 Å². The standard InChI is InChI=1S/C29H29F5N6O3/c30-21-5-1-3-19(23(21)31)17-6-7-22(25-36-15-18(40(25)16-17)8-9-29(32,33)34)37-26(41)39-13-10-28(11-14-39)20-4-2-12-35-24(20)38-27(42)43-28/h1-5,12,15,17,22H,6-11,13-14,16H2,(H,37,41)(H,35,38,42)/t17-,22-/m1/s1. The molecular weight excluding hydrogens is 575 g/mol. The minimum absolute atomic E-state index is 0.0916. The number of benzene rings is 1. The molecule has 5 heterocycles. The van der Waals surface area contributed by atoms with E-state index in [0.29, 0.717) is 43.0 Å². The molecule has 6 rings (SSSR count). The third-order valence-electron chi connectivity index (χ3n) is 8.54. The van der Waals surface area contributed by atoms with Crippen LogP contribution in [0.5, 0.6) is 0 Å². The Balaban J connectivity index is 1.21. The molecule has 1 aromatic carbocycles. The van der Waals surface area contributed by atoms with E-state index in [0.717, 1.165) is 11.6 Å². The second-order valence-electron chi connectivity index (χ2n) is 11.1. The third-order valence-corrected chi connectivity index (χ3v) is 8.54. The maximum Gasteiger partial charge on any atom is 0.413 e. The summed E-state index contributed by atoms with van der Waals surface area (Å²) in [5, 5.41) is 5.56. The molecule has 0 saturated carbocycles. The van der Waals surface area contributed by atoms with Crippen molar-refractivity contribution < 1.29 is 36.3 Å². The van der Waals surface area contributed by atoms with Gasteiger partial charge in [-0.1, -0.05) is 12.1 Å². The number of ether oxygens (including phenoxy) is 1. The van der Waals surface area contributed by atoms with Crippen molar-refractivity contribution in [2.24, 2.45) is 0 Å². The molecule has 1 fully saturated rings. The highest BCUT2D eigenvalue weighted by Gasteiger charge is 2.46. The fourth-order valence-electron chi connectivity index (χ4n) is 6.33. The van der Waals surface area contributed by atoms with Gasteiger partial charge in [0, 0.05) is 68.5 Å². The second kappa shape index (κ2) is 11.1. The van der Waals surface area contributed by atoms with Gasteiger partial charge in [0.25, 0.3) is 0 Å². The molecule has 14 heteroatoms. The van der Waals surface area contributed by atoms with Gasteiger partial charge in [0.05, 0.1) is 6.04 Å². The Kier molecular flexibility index (Phi) is 7.46. The highest BCUT2D eigenvalue weighted by molar-refractivity contribution is 5.87. The molecule has 228 valence electrons. The number of piperidine rings is 1. The van der Waals surface area contributed by atoms with Crippen molar-refractivity contribution in [1.82, 2.24) is 24.8 Å². The summed E-state index contributed by atoms with van der Waals surface area (Å²) in [7, 11) is 0. The van der Waals surface area contributed by atoms with Crippen molar-refractivity contribution in [2.75, 3.05) is 18.4 Å². The van der Waals surface area contributed by atoms with Crippen molar-refractivity contribution >= 4 is 17.9 Å². The zero-order chi connectivity index (χ0) is 30.4. The van der Waals surface area contributed by atoms with E-state index in [1.807, 2.05) is 6.07 Å². The van der Waals surface area contributed by atoms with Crippen molar-refractivity contribution in [1.29, 1.82) is 0 Å². The van der Waals surface area contributed by atoms with E-state index in [1.54, 1.807) is 21.7 Å². The molecule has 0 aliphatic carbocycles. The molecule has 43 heavy (non-hydrogen) atoms. The molecule has 2 aromatic heterocycles. The Morgan fingerprint density at radius 1 is 1.12 bits per heavy atom. The van der Waals surface area contributed by atoms with Crippen LogP contribution < -0.4 is 10.6 Å². The summed E-state index contributed by atoms with van der Waals surface area (Å²) in [6, 6.07) is 6.38. The molecule has 1 saturated heterocycles. The average molecular weight is 605 g/mol. The van der Waals surface area contributed by atoms with Crippen LogP contribution in [0.15, 0.2) is 42.7 Å². The number of fused-ring (bicyclic) bond motifs is 3. The molecular formula is C29H29F5N6O3. The lowest BCUT2D eigenvalue weighted by Crippen LogP contribution is -2.52. The minimum Gasteiger partial charge on any atom is -0.437 e. The van der Waals surface area contributed by atoms with Gasteiger partial charge in [-0.25, -0.2) is 28.3 Å². The number of hydrogen-bond acceptors (Lipinski definition) is 5. The van der Waals surface area contributed by atoms with Crippen LogP contribution in [0.4, 0.5) is 37.4 Å². The lowest BCUT2D eigenvalue weighted by molar-refractivity contribution is -0.134. The number of rotatable bonds is 4. The zero-order valence-corrected chi connectivity index (χ0v) is 23.0. The Labute approximate surface area is 243 Å². The molecule has 2 atom stereocenters. The summed E-state index contributed by atoms with van der Waals surface area (Å²) < 4.78 is 75.4. The van der Waals surface area contributed by atoms with Crippen LogP contribution in [0.3, 0.4) is 0 Å². The first kappa shape index (κ1) is 28.9. The highest BCUT2D eigenvalue weighted by atomic mass is 19.4. The lowest BCUT2D eigenvalue weighted by atomic mass is 9.83. The Bertz CT molecular complexity index is 1530. The normalized spacial score (nSPS) is 21.3. The Morgan fingerprint density at radius 3 is 2.67 bits per heavy atom. The maximum atomic E-state index is 14.8. The maximum absolute atomic E-state index is 14.8. The van der Waals surface area contributed by atoms with E-state index < -0.39 is 53.9 Å². The number of nitrogens with one attached hydrogen (secondary N) is 2. The number of pyridine rings is 1. The van der Waals surface area contributed by atoms with E-state index in [2.05, 4.69) is 20.6 Å². The van der Waals surface area contributed by atoms with Crippen molar-refractivity contribution in [3.63, 3.8) is 0 Å². The van der Waals surface area contributed by atoms with Gasteiger partial charge in [0.2, 0.25) is 0 Å². The summed E-state index contributed by atoms with van der Waals surface area (Å²) in [5.41, 5.74) is 0.246. The van der Waals surface area contributed by atoms with Gasteiger partial charge in [0.15, 0.2) is 11.6 Å². The highest BCUT2D eigenvalue weighted by Crippen LogP contribution is 2.43. The third kappa shape index (κ3) is 5.74. The SMILES string of the molecule is O=C1Nc2ncccc2C2(CCN(C(=O)N[C@@H]3CC[C@@H](c4cccc(F)c4F)Cn4c(CCC(F)(F)F)cnc43)CC2)O1. The van der Waals surface area contributed by atoms with Crippen molar-refractivity contribution in [3.05, 3.63) is 77.0 Å². The van der Waals surface area contributed by atoms with Crippen LogP contribution in [0.2, 0.25) is 0 Å². The van der Waals surface area contributed by atoms with Gasteiger partial charge < -0.3 is 19.5 Å². The first-order chi connectivity index (χ1) is 20.5. The van der Waals surface area contributed by atoms with Crippen LogP contribution >= 0.6 is 0 Å². The number of halogens is 5. The van der Waals surface area contributed by atoms with E-state index >= 15 is 0 Å². The van der Waals surface area contributed by atoms with Crippen molar-refractivity contribution in [3.8, 4) is 0 Å². The molecule has 0 radical (unpaired) electrons. The topological polar surface area (TPSA) is 101 Å². The monoisotopic (exact) mass is 604 g/mol. The number of carbonyl (C=O) groups excluding carboxylic acids is 2. The lowest BCUT2D eigenvalue weighted by Gasteiger charge is -2.43. The number of imidazole rings is 1. The second-order valence-corrected chi connectivity index (χ2v) is 11.1. The molecule has 9 nitrogen and oxygen atoms in total. The van der Waals surface area contributed by atoms with Gasteiger partial charge in [-0.2, -0.15) is 13.2 Å². The zero-order valence-electron chi connectivity index (χ0n) is 23.0. The minimum atomic E-state index is -4.39. The van der Waals surface area contributed by atoms with Crippen LogP contribution in [0.25, 0.3) is 0 Å². The average Bonchev–Trinajstić information content (AvgIpc) is 3.28. The van der Waals surface area contributed by atoms with Gasteiger partial charge in [-0.15, -0.1) is 0 Å². The number of aryl methyl sites for hydroxylation is 1. The number of nitrogens with zero attached hydrogens (tertiary/aromatic N) is 4. The molecule has 0 bridgehead atoms. The predicted molar refractivity (Wildman–Crippen MR) is 143 cm³/mol. The molecule has 2 N–H and O–H groups in total. The van der Waals surface area contributed by atoms with E-state index in [1.165, 1.54) is 18.3 Å². The first-order valence-corrected chi connectivity index (χ1v) is 14.1.